The van der Waals surface area contributed by atoms with Crippen molar-refractivity contribution in [2.24, 2.45) is 0 Å². The molecule has 1 aliphatic heterocycles. The normalized spacial score (nSPS) is 18.9. The van der Waals surface area contributed by atoms with Gasteiger partial charge in [-0.15, -0.1) is 0 Å². The maximum absolute atomic E-state index is 12.3. The van der Waals surface area contributed by atoms with Gasteiger partial charge < -0.3 is 9.76 Å². The molecular formula is C13H22BF3NO2. The highest BCUT2D eigenvalue weighted by molar-refractivity contribution is 6.38. The summed E-state index contributed by atoms with van der Waals surface area (Å²) in [5.41, 5.74) is -0.918. The van der Waals surface area contributed by atoms with E-state index in [1.165, 1.54) is 4.90 Å². The van der Waals surface area contributed by atoms with Crippen LogP contribution in [0.15, 0.2) is 11.5 Å². The van der Waals surface area contributed by atoms with Crippen molar-refractivity contribution in [3.05, 3.63) is 11.5 Å². The maximum atomic E-state index is 12.3. The fraction of sp³-hybridized carbons (Fsp3) is 0.846. The number of nitrogens with zero attached hydrogens (tertiary/aromatic N) is 1. The van der Waals surface area contributed by atoms with Crippen molar-refractivity contribution in [1.82, 2.24) is 4.90 Å². The third-order valence-corrected chi connectivity index (χ3v) is 3.71. The largest absolute Gasteiger partial charge is 0.427 e. The van der Waals surface area contributed by atoms with Gasteiger partial charge in [-0.1, -0.05) is 11.5 Å². The zero-order valence-electron chi connectivity index (χ0n) is 12.4. The van der Waals surface area contributed by atoms with Crippen LogP contribution in [0.5, 0.6) is 0 Å². The van der Waals surface area contributed by atoms with Gasteiger partial charge in [-0.2, -0.15) is 13.2 Å². The van der Waals surface area contributed by atoms with E-state index in [9.17, 15) is 18.3 Å². The number of alkyl halides is 3. The van der Waals surface area contributed by atoms with Crippen molar-refractivity contribution in [3.63, 3.8) is 0 Å². The molecule has 1 radical (unpaired) electrons. The second-order valence-corrected chi connectivity index (χ2v) is 6.18. The molecule has 1 aliphatic rings. The fourth-order valence-electron chi connectivity index (χ4n) is 1.60. The predicted molar refractivity (Wildman–Crippen MR) is 72.4 cm³/mol. The molecule has 1 heterocycles. The monoisotopic (exact) mass is 292 g/mol. The van der Waals surface area contributed by atoms with Gasteiger partial charge in [0.05, 0.1) is 17.7 Å². The molecule has 0 saturated carbocycles. The summed E-state index contributed by atoms with van der Waals surface area (Å²) < 4.78 is 42.3. The van der Waals surface area contributed by atoms with Crippen LogP contribution < -0.4 is 0 Å². The zero-order valence-corrected chi connectivity index (χ0v) is 12.4. The molecule has 7 heteroatoms. The van der Waals surface area contributed by atoms with Gasteiger partial charge in [-0.3, -0.25) is 4.90 Å². The van der Waals surface area contributed by atoms with E-state index in [4.69, 9.17) is 4.65 Å². The minimum atomic E-state index is -4.16. The molecule has 3 nitrogen and oxygen atoms in total. The van der Waals surface area contributed by atoms with Gasteiger partial charge in [0.15, 0.2) is 0 Å². The van der Waals surface area contributed by atoms with Crippen LogP contribution in [0.1, 0.15) is 34.1 Å². The Hall–Kier alpha value is -0.525. The number of halogens is 3. The Morgan fingerprint density at radius 2 is 1.90 bits per heavy atom. The summed E-state index contributed by atoms with van der Waals surface area (Å²) in [7, 11) is 1.54. The van der Waals surface area contributed by atoms with E-state index in [0.717, 1.165) is 5.47 Å². The highest BCUT2D eigenvalue weighted by Crippen LogP contribution is 2.26. The summed E-state index contributed by atoms with van der Waals surface area (Å²) in [6.45, 7) is 6.58. The average molecular weight is 292 g/mol. The smallest absolute Gasteiger partial charge is 0.401 e. The molecule has 0 saturated heterocycles. The summed E-state index contributed by atoms with van der Waals surface area (Å²) in [6.07, 6.45) is -1.91. The molecular weight excluding hydrogens is 270 g/mol. The van der Waals surface area contributed by atoms with E-state index in [2.05, 4.69) is 0 Å². The third-order valence-electron chi connectivity index (χ3n) is 3.71. The van der Waals surface area contributed by atoms with Crippen molar-refractivity contribution in [2.75, 3.05) is 19.6 Å². The summed E-state index contributed by atoms with van der Waals surface area (Å²) in [5.74, 6) is 0. The molecule has 0 aromatic carbocycles. The maximum Gasteiger partial charge on any atom is 0.401 e. The average Bonchev–Trinajstić information content (AvgIpc) is 2.24. The molecule has 20 heavy (non-hydrogen) atoms. The Kier molecular flexibility index (Phi) is 5.32. The van der Waals surface area contributed by atoms with Gasteiger partial charge in [0.1, 0.15) is 0 Å². The molecule has 1 N–H and O–H groups in total. The summed E-state index contributed by atoms with van der Waals surface area (Å²) in [5, 5.41) is 9.95. The van der Waals surface area contributed by atoms with Crippen LogP contribution >= 0.6 is 0 Å². The van der Waals surface area contributed by atoms with Crippen molar-refractivity contribution < 1.29 is 22.9 Å². The number of hydrogen-bond donors (Lipinski definition) is 1. The van der Waals surface area contributed by atoms with Crippen molar-refractivity contribution >= 4 is 7.48 Å². The molecule has 0 fully saturated rings. The molecule has 0 unspecified atom stereocenters. The van der Waals surface area contributed by atoms with Crippen LogP contribution in [0.2, 0.25) is 0 Å². The van der Waals surface area contributed by atoms with Crippen LogP contribution in [-0.4, -0.2) is 54.5 Å². The van der Waals surface area contributed by atoms with E-state index in [-0.39, 0.29) is 6.54 Å². The first-order valence-electron chi connectivity index (χ1n) is 6.62. The van der Waals surface area contributed by atoms with Crippen LogP contribution in [0.4, 0.5) is 13.2 Å². The molecule has 0 amide bonds. The van der Waals surface area contributed by atoms with E-state index in [1.54, 1.807) is 41.3 Å². The quantitative estimate of drug-likeness (QED) is 0.789. The Balaban J connectivity index is 2.45. The van der Waals surface area contributed by atoms with Crippen LogP contribution in [0, 0.1) is 0 Å². The van der Waals surface area contributed by atoms with Gasteiger partial charge in [-0.05, 0) is 34.1 Å². The minimum absolute atomic E-state index is 0.262. The van der Waals surface area contributed by atoms with Gasteiger partial charge in [0, 0.05) is 13.1 Å². The lowest BCUT2D eigenvalue weighted by molar-refractivity contribution is -0.145. The highest BCUT2D eigenvalue weighted by atomic mass is 19.4. The molecule has 0 bridgehead atoms. The molecule has 0 atom stereocenters. The van der Waals surface area contributed by atoms with Crippen LogP contribution in [-0.2, 0) is 4.65 Å². The van der Waals surface area contributed by atoms with E-state index < -0.39 is 23.9 Å². The molecule has 115 valence electrons. The summed E-state index contributed by atoms with van der Waals surface area (Å²) in [4.78, 5) is 1.35. The molecule has 0 spiro atoms. The van der Waals surface area contributed by atoms with Crippen LogP contribution in [0.3, 0.4) is 0 Å². The Bertz CT molecular complexity index is 362. The van der Waals surface area contributed by atoms with Gasteiger partial charge >= 0.3 is 13.7 Å². The second kappa shape index (κ2) is 6.07. The highest BCUT2D eigenvalue weighted by Gasteiger charge is 2.36. The first-order valence-corrected chi connectivity index (χ1v) is 6.62. The summed E-state index contributed by atoms with van der Waals surface area (Å²) >= 11 is 0. The predicted octanol–water partition coefficient (Wildman–Crippen LogP) is 2.32. The van der Waals surface area contributed by atoms with E-state index in [1.807, 2.05) is 0 Å². The molecule has 0 aromatic heterocycles. The van der Waals surface area contributed by atoms with Gasteiger partial charge in [0.2, 0.25) is 0 Å². The molecule has 0 aromatic rings. The lowest BCUT2D eigenvalue weighted by Crippen LogP contribution is -2.48. The number of hydrogen-bond acceptors (Lipinski definition) is 3. The lowest BCUT2D eigenvalue weighted by Gasteiger charge is -2.38. The first kappa shape index (κ1) is 17.5. The second-order valence-electron chi connectivity index (χ2n) is 6.18. The minimum Gasteiger partial charge on any atom is -0.427 e. The number of aliphatic hydroxyl groups is 1. The van der Waals surface area contributed by atoms with Crippen molar-refractivity contribution in [1.29, 1.82) is 0 Å². The van der Waals surface area contributed by atoms with Gasteiger partial charge in [0.25, 0.3) is 0 Å². The van der Waals surface area contributed by atoms with Crippen LogP contribution in [0.25, 0.3) is 0 Å². The fourth-order valence-corrected chi connectivity index (χ4v) is 1.60. The van der Waals surface area contributed by atoms with Crippen molar-refractivity contribution in [2.45, 2.75) is 51.5 Å². The van der Waals surface area contributed by atoms with E-state index >= 15 is 0 Å². The standard InChI is InChI=1S/C13H22BF3NO2/c1-11(2,19)12(3,4)20-14-10-5-7-18(8-6-10)9-13(15,16)17/h5,19H,6-9H2,1-4H3. The molecule has 0 aliphatic carbocycles. The first-order chi connectivity index (χ1) is 8.91. The van der Waals surface area contributed by atoms with Gasteiger partial charge in [-0.25, -0.2) is 0 Å². The lowest BCUT2D eigenvalue weighted by atomic mass is 9.79. The number of rotatable bonds is 5. The Morgan fingerprint density at radius 3 is 2.30 bits per heavy atom. The Morgan fingerprint density at radius 1 is 1.30 bits per heavy atom. The third kappa shape index (κ3) is 5.46. The topological polar surface area (TPSA) is 32.7 Å². The SMILES string of the molecule is CC(C)(O)C(C)(C)O[B]C1=CCN(CC(F)(F)F)CC1. The molecule has 1 rings (SSSR count). The zero-order chi connectivity index (χ0) is 15.6. The summed E-state index contributed by atoms with van der Waals surface area (Å²) in [6, 6.07) is 0. The Labute approximate surface area is 119 Å². The van der Waals surface area contributed by atoms with Crippen molar-refractivity contribution in [3.8, 4) is 0 Å². The van der Waals surface area contributed by atoms with E-state index in [0.29, 0.717) is 13.0 Å².